The maximum Gasteiger partial charge on any atom is 0.241 e. The zero-order chi connectivity index (χ0) is 15.9. The fraction of sp³-hybridized carbons (Fsp3) is 0.625. The number of nitrogens with one attached hydrogen (secondary N) is 2. The Morgan fingerprint density at radius 2 is 2.09 bits per heavy atom. The summed E-state index contributed by atoms with van der Waals surface area (Å²) in [6.45, 7) is 5.93. The predicted octanol–water partition coefficient (Wildman–Crippen LogP) is 0.948. The summed E-state index contributed by atoms with van der Waals surface area (Å²) in [6.07, 6.45) is 4.50. The van der Waals surface area contributed by atoms with Crippen molar-refractivity contribution in [2.75, 3.05) is 20.3 Å². The first kappa shape index (κ1) is 16.9. The van der Waals surface area contributed by atoms with Gasteiger partial charge in [-0.1, -0.05) is 13.8 Å². The second-order valence-corrected chi connectivity index (χ2v) is 5.75. The van der Waals surface area contributed by atoms with E-state index in [4.69, 9.17) is 4.74 Å². The Hall–Kier alpha value is -1.50. The van der Waals surface area contributed by atoms with E-state index in [2.05, 4.69) is 29.7 Å². The molecule has 1 saturated heterocycles. The van der Waals surface area contributed by atoms with Crippen LogP contribution in [0.25, 0.3) is 0 Å². The number of aromatic nitrogens is 1. The second-order valence-electron chi connectivity index (χ2n) is 5.75. The molecule has 1 aromatic heterocycles. The lowest BCUT2D eigenvalue weighted by atomic mass is 9.94. The van der Waals surface area contributed by atoms with Gasteiger partial charge in [0.2, 0.25) is 5.91 Å². The van der Waals surface area contributed by atoms with E-state index in [9.17, 15) is 4.79 Å². The van der Waals surface area contributed by atoms with Gasteiger partial charge in [-0.2, -0.15) is 0 Å². The van der Waals surface area contributed by atoms with Crippen LogP contribution in [-0.4, -0.2) is 48.1 Å². The van der Waals surface area contributed by atoms with Gasteiger partial charge in [-0.3, -0.25) is 15.2 Å². The molecule has 0 spiro atoms. The number of nitrogens with zero attached hydrogens (tertiary/aromatic N) is 2. The Morgan fingerprint density at radius 1 is 1.36 bits per heavy atom. The number of amides is 1. The highest BCUT2D eigenvalue weighted by atomic mass is 16.5. The van der Waals surface area contributed by atoms with Gasteiger partial charge in [0.15, 0.2) is 0 Å². The van der Waals surface area contributed by atoms with Gasteiger partial charge in [-0.15, -0.1) is 0 Å². The normalized spacial score (nSPS) is 24.4. The van der Waals surface area contributed by atoms with Crippen molar-refractivity contribution in [3.63, 3.8) is 0 Å². The van der Waals surface area contributed by atoms with E-state index in [1.54, 1.807) is 19.5 Å². The van der Waals surface area contributed by atoms with Gasteiger partial charge in [0.05, 0.1) is 6.61 Å². The highest BCUT2D eigenvalue weighted by Crippen LogP contribution is 2.19. The van der Waals surface area contributed by atoms with Crippen molar-refractivity contribution in [3.05, 3.63) is 30.1 Å². The molecule has 1 amide bonds. The van der Waals surface area contributed by atoms with Crippen molar-refractivity contribution >= 4 is 5.91 Å². The van der Waals surface area contributed by atoms with Crippen LogP contribution in [0, 0.1) is 5.92 Å². The molecule has 2 heterocycles. The van der Waals surface area contributed by atoms with Crippen LogP contribution in [0.1, 0.15) is 25.8 Å². The summed E-state index contributed by atoms with van der Waals surface area (Å²) in [5.41, 5.74) is 7.45. The van der Waals surface area contributed by atoms with Gasteiger partial charge < -0.3 is 9.64 Å². The summed E-state index contributed by atoms with van der Waals surface area (Å²) < 4.78 is 5.15. The van der Waals surface area contributed by atoms with Crippen LogP contribution in [0.15, 0.2) is 24.5 Å². The highest BCUT2D eigenvalue weighted by molar-refractivity contribution is 5.82. The third-order valence-corrected chi connectivity index (χ3v) is 4.29. The number of ether oxygens (including phenoxy) is 1. The number of methoxy groups -OCH3 is 1. The van der Waals surface area contributed by atoms with Gasteiger partial charge >= 0.3 is 0 Å². The maximum absolute atomic E-state index is 12.9. The summed E-state index contributed by atoms with van der Waals surface area (Å²) in [6, 6.07) is 4.01. The quantitative estimate of drug-likeness (QED) is 0.785. The molecule has 122 valence electrons. The molecule has 3 atom stereocenters. The van der Waals surface area contributed by atoms with Gasteiger partial charge in [0, 0.05) is 38.6 Å². The molecule has 1 aliphatic heterocycles. The number of carbonyl (C=O) groups excluding carboxylic acids is 1. The fourth-order valence-corrected chi connectivity index (χ4v) is 2.83. The average molecular weight is 306 g/mol. The van der Waals surface area contributed by atoms with Crippen LogP contribution < -0.4 is 10.9 Å². The topological polar surface area (TPSA) is 66.5 Å². The van der Waals surface area contributed by atoms with Crippen LogP contribution in [0.3, 0.4) is 0 Å². The molecule has 0 aliphatic carbocycles. The van der Waals surface area contributed by atoms with E-state index in [1.807, 2.05) is 17.0 Å². The molecule has 0 radical (unpaired) electrons. The highest BCUT2D eigenvalue weighted by Gasteiger charge is 2.37. The largest absolute Gasteiger partial charge is 0.383 e. The van der Waals surface area contributed by atoms with Crippen molar-refractivity contribution in [1.82, 2.24) is 20.7 Å². The Labute approximate surface area is 132 Å². The summed E-state index contributed by atoms with van der Waals surface area (Å²) in [5, 5.41) is 0. The second kappa shape index (κ2) is 8.22. The molecule has 6 nitrogen and oxygen atoms in total. The Bertz CT molecular complexity index is 468. The number of rotatable bonds is 7. The minimum Gasteiger partial charge on any atom is -0.383 e. The molecular formula is C16H26N4O2. The standard InChI is InChI=1S/C16H26N4O2/c1-4-14-12(2)15(19-18-14)16(21)20(9-10-22-3)11-13-5-7-17-8-6-13/h5-8,12,14-15,18-19H,4,9-11H2,1-3H3. The third kappa shape index (κ3) is 4.03. The predicted molar refractivity (Wildman–Crippen MR) is 84.8 cm³/mol. The average Bonchev–Trinajstić information content (AvgIpc) is 2.92. The summed E-state index contributed by atoms with van der Waals surface area (Å²) >= 11 is 0. The lowest BCUT2D eigenvalue weighted by Crippen LogP contribution is -2.48. The molecular weight excluding hydrogens is 280 g/mol. The van der Waals surface area contributed by atoms with Crippen LogP contribution in [0.5, 0.6) is 0 Å². The Morgan fingerprint density at radius 3 is 2.68 bits per heavy atom. The smallest absolute Gasteiger partial charge is 0.241 e. The Kier molecular flexibility index (Phi) is 6.30. The molecule has 22 heavy (non-hydrogen) atoms. The lowest BCUT2D eigenvalue weighted by Gasteiger charge is -2.27. The SMILES string of the molecule is CCC1NNC(C(=O)N(CCOC)Cc2ccncc2)C1C. The molecule has 1 aliphatic rings. The lowest BCUT2D eigenvalue weighted by molar-refractivity contribution is -0.135. The van der Waals surface area contributed by atoms with Gasteiger partial charge in [-0.25, -0.2) is 5.43 Å². The van der Waals surface area contributed by atoms with Crippen LogP contribution >= 0.6 is 0 Å². The van der Waals surface area contributed by atoms with Crippen molar-refractivity contribution in [2.24, 2.45) is 5.92 Å². The monoisotopic (exact) mass is 306 g/mol. The van der Waals surface area contributed by atoms with E-state index >= 15 is 0 Å². The van der Waals surface area contributed by atoms with E-state index in [-0.39, 0.29) is 17.9 Å². The molecule has 1 fully saturated rings. The molecule has 0 saturated carbocycles. The minimum atomic E-state index is -0.191. The molecule has 0 bridgehead atoms. The molecule has 1 aromatic rings. The molecule has 2 rings (SSSR count). The van der Waals surface area contributed by atoms with Crippen molar-refractivity contribution in [1.29, 1.82) is 0 Å². The zero-order valence-electron chi connectivity index (χ0n) is 13.6. The first-order chi connectivity index (χ1) is 10.7. The molecule has 3 unspecified atom stereocenters. The van der Waals surface area contributed by atoms with E-state index < -0.39 is 0 Å². The summed E-state index contributed by atoms with van der Waals surface area (Å²) in [5.74, 6) is 0.379. The molecule has 2 N–H and O–H groups in total. The minimum absolute atomic E-state index is 0.116. The molecule has 6 heteroatoms. The number of hydrogen-bond donors (Lipinski definition) is 2. The Balaban J connectivity index is 2.06. The first-order valence-electron chi connectivity index (χ1n) is 7.85. The van der Waals surface area contributed by atoms with Gasteiger partial charge in [0.25, 0.3) is 0 Å². The number of pyridine rings is 1. The van der Waals surface area contributed by atoms with Crippen molar-refractivity contribution in [3.8, 4) is 0 Å². The van der Waals surface area contributed by atoms with Crippen LogP contribution in [-0.2, 0) is 16.1 Å². The van der Waals surface area contributed by atoms with Crippen LogP contribution in [0.2, 0.25) is 0 Å². The first-order valence-corrected chi connectivity index (χ1v) is 7.85. The van der Waals surface area contributed by atoms with Crippen molar-refractivity contribution < 1.29 is 9.53 Å². The fourth-order valence-electron chi connectivity index (χ4n) is 2.83. The number of hydrogen-bond acceptors (Lipinski definition) is 5. The van der Waals surface area contributed by atoms with E-state index in [0.717, 1.165) is 12.0 Å². The van der Waals surface area contributed by atoms with Crippen molar-refractivity contribution in [2.45, 2.75) is 38.9 Å². The van der Waals surface area contributed by atoms with Gasteiger partial charge in [-0.05, 0) is 30.0 Å². The maximum atomic E-state index is 12.9. The third-order valence-electron chi connectivity index (χ3n) is 4.29. The van der Waals surface area contributed by atoms with Gasteiger partial charge in [0.1, 0.15) is 6.04 Å². The van der Waals surface area contributed by atoms with E-state index in [1.165, 1.54) is 0 Å². The molecule has 0 aromatic carbocycles. The van der Waals surface area contributed by atoms with Crippen LogP contribution in [0.4, 0.5) is 0 Å². The summed E-state index contributed by atoms with van der Waals surface area (Å²) in [7, 11) is 1.65. The number of hydrazine groups is 1. The number of carbonyl (C=O) groups is 1. The van der Waals surface area contributed by atoms with E-state index in [0.29, 0.717) is 25.7 Å². The zero-order valence-corrected chi connectivity index (χ0v) is 13.6. The summed E-state index contributed by atoms with van der Waals surface area (Å²) in [4.78, 5) is 18.8.